The molecule has 1 amide bonds. The smallest absolute Gasteiger partial charge is 0.279 e. The first-order valence-corrected chi connectivity index (χ1v) is 12.2. The highest BCUT2D eigenvalue weighted by Crippen LogP contribution is 2.23. The van der Waals surface area contributed by atoms with Gasteiger partial charge in [-0.2, -0.15) is 4.99 Å². The molecule has 1 N–H and O–H groups in total. The molecule has 0 saturated heterocycles. The molecule has 0 spiro atoms. The minimum absolute atomic E-state index is 0.144. The Kier molecular flexibility index (Phi) is 6.11. The lowest BCUT2D eigenvalue weighted by molar-refractivity contribution is 0.0998. The predicted octanol–water partition coefficient (Wildman–Crippen LogP) is 4.18. The van der Waals surface area contributed by atoms with E-state index in [0.29, 0.717) is 11.4 Å². The van der Waals surface area contributed by atoms with Gasteiger partial charge in [-0.05, 0) is 55.5 Å². The minimum atomic E-state index is -3.75. The Morgan fingerprint density at radius 1 is 1.06 bits per heavy atom. The van der Waals surface area contributed by atoms with E-state index in [1.807, 2.05) is 36.7 Å². The molecule has 7 nitrogen and oxygen atoms in total. The molecular formula is C23H21N3O4S2. The molecule has 9 heteroatoms. The summed E-state index contributed by atoms with van der Waals surface area (Å²) in [4.78, 5) is 17.8. The molecule has 1 heterocycles. The van der Waals surface area contributed by atoms with Crippen molar-refractivity contribution < 1.29 is 17.9 Å². The first-order chi connectivity index (χ1) is 15.4. The molecule has 0 radical (unpaired) electrons. The fourth-order valence-corrected chi connectivity index (χ4v) is 5.27. The highest BCUT2D eigenvalue weighted by Gasteiger charge is 2.15. The molecule has 0 aliphatic carbocycles. The molecule has 0 bridgehead atoms. The number of sulfonamides is 1. The summed E-state index contributed by atoms with van der Waals surface area (Å²) in [6.45, 7) is 2.50. The van der Waals surface area contributed by atoms with Crippen LogP contribution in [-0.4, -0.2) is 25.5 Å². The average molecular weight is 468 g/mol. The monoisotopic (exact) mass is 467 g/mol. The first kappa shape index (κ1) is 21.8. The number of aromatic nitrogens is 1. The maximum Gasteiger partial charge on any atom is 0.279 e. The Bertz CT molecular complexity index is 1460. The fourth-order valence-electron chi connectivity index (χ4n) is 3.16. The van der Waals surface area contributed by atoms with Gasteiger partial charge in [0.25, 0.3) is 15.9 Å². The van der Waals surface area contributed by atoms with Crippen molar-refractivity contribution in [2.24, 2.45) is 12.0 Å². The van der Waals surface area contributed by atoms with Gasteiger partial charge >= 0.3 is 0 Å². The van der Waals surface area contributed by atoms with Crippen LogP contribution in [0.5, 0.6) is 5.75 Å². The maximum absolute atomic E-state index is 12.8. The van der Waals surface area contributed by atoms with Crippen LogP contribution in [0.2, 0.25) is 0 Å². The van der Waals surface area contributed by atoms with Gasteiger partial charge in [-0.25, -0.2) is 8.42 Å². The highest BCUT2D eigenvalue weighted by molar-refractivity contribution is 7.92. The van der Waals surface area contributed by atoms with Gasteiger partial charge < -0.3 is 9.30 Å². The molecule has 164 valence electrons. The maximum atomic E-state index is 12.8. The molecule has 0 unspecified atom stereocenters. The normalized spacial score (nSPS) is 12.1. The van der Waals surface area contributed by atoms with Crippen molar-refractivity contribution in [1.29, 1.82) is 0 Å². The standard InChI is InChI=1S/C23H21N3O4S2/c1-3-30-18-12-13-20-21(15-18)31-23(26(20)2)24-22(27)16-8-7-9-17(14-16)25-32(28,29)19-10-5-4-6-11-19/h4-15,25H,3H2,1-2H3. The van der Waals surface area contributed by atoms with Crippen LogP contribution in [0.15, 0.2) is 82.7 Å². The summed E-state index contributed by atoms with van der Waals surface area (Å²) in [5, 5.41) is 0. The van der Waals surface area contributed by atoms with E-state index in [4.69, 9.17) is 4.74 Å². The number of hydrogen-bond acceptors (Lipinski definition) is 5. The van der Waals surface area contributed by atoms with Gasteiger partial charge in [0.2, 0.25) is 0 Å². The summed E-state index contributed by atoms with van der Waals surface area (Å²) in [6.07, 6.45) is 0. The number of hydrogen-bond donors (Lipinski definition) is 1. The van der Waals surface area contributed by atoms with Gasteiger partial charge in [0.1, 0.15) is 5.75 Å². The number of amides is 1. The first-order valence-electron chi connectivity index (χ1n) is 9.87. The molecule has 3 aromatic carbocycles. The second kappa shape index (κ2) is 8.97. The van der Waals surface area contributed by atoms with Crippen LogP contribution in [0, 0.1) is 0 Å². The zero-order valence-corrected chi connectivity index (χ0v) is 19.1. The lowest BCUT2D eigenvalue weighted by Gasteiger charge is -2.08. The summed E-state index contributed by atoms with van der Waals surface area (Å²) in [5.41, 5.74) is 1.51. The van der Waals surface area contributed by atoms with Crippen LogP contribution in [0.4, 0.5) is 5.69 Å². The minimum Gasteiger partial charge on any atom is -0.494 e. The van der Waals surface area contributed by atoms with E-state index in [1.54, 1.807) is 36.4 Å². The summed E-state index contributed by atoms with van der Waals surface area (Å²) in [5.74, 6) is 0.302. The van der Waals surface area contributed by atoms with Crippen molar-refractivity contribution in [3.63, 3.8) is 0 Å². The van der Waals surface area contributed by atoms with E-state index in [9.17, 15) is 13.2 Å². The third-order valence-electron chi connectivity index (χ3n) is 4.70. The van der Waals surface area contributed by atoms with E-state index in [0.717, 1.165) is 16.0 Å². The van der Waals surface area contributed by atoms with Crippen LogP contribution in [0.1, 0.15) is 17.3 Å². The number of carbonyl (C=O) groups is 1. The number of nitrogens with one attached hydrogen (secondary N) is 1. The van der Waals surface area contributed by atoms with E-state index >= 15 is 0 Å². The van der Waals surface area contributed by atoms with Crippen LogP contribution in [0.3, 0.4) is 0 Å². The average Bonchev–Trinajstić information content (AvgIpc) is 3.09. The molecule has 0 saturated carbocycles. The van der Waals surface area contributed by atoms with Gasteiger partial charge in [-0.3, -0.25) is 9.52 Å². The Morgan fingerprint density at radius 2 is 1.84 bits per heavy atom. The summed E-state index contributed by atoms with van der Waals surface area (Å²) < 4.78 is 36.0. The lowest BCUT2D eigenvalue weighted by atomic mass is 10.2. The molecule has 0 aliphatic rings. The quantitative estimate of drug-likeness (QED) is 0.461. The number of benzene rings is 3. The van der Waals surface area contributed by atoms with Crippen molar-refractivity contribution in [2.75, 3.05) is 11.3 Å². The van der Waals surface area contributed by atoms with Crippen molar-refractivity contribution in [3.05, 3.63) is 83.2 Å². The van der Waals surface area contributed by atoms with Gasteiger partial charge in [0.05, 0.1) is 21.7 Å². The molecule has 32 heavy (non-hydrogen) atoms. The molecule has 0 atom stereocenters. The van der Waals surface area contributed by atoms with E-state index in [-0.39, 0.29) is 16.1 Å². The Morgan fingerprint density at radius 3 is 2.59 bits per heavy atom. The van der Waals surface area contributed by atoms with Crippen molar-refractivity contribution in [3.8, 4) is 5.75 Å². The molecule has 0 aliphatic heterocycles. The van der Waals surface area contributed by atoms with Crippen molar-refractivity contribution >= 4 is 43.2 Å². The largest absolute Gasteiger partial charge is 0.494 e. The second-order valence-electron chi connectivity index (χ2n) is 6.92. The summed E-state index contributed by atoms with van der Waals surface area (Å²) in [6, 6.07) is 20.1. The van der Waals surface area contributed by atoms with Gasteiger partial charge in [-0.1, -0.05) is 35.6 Å². The highest BCUT2D eigenvalue weighted by atomic mass is 32.2. The van der Waals surface area contributed by atoms with Crippen molar-refractivity contribution in [2.45, 2.75) is 11.8 Å². The predicted molar refractivity (Wildman–Crippen MR) is 126 cm³/mol. The van der Waals surface area contributed by atoms with Crippen molar-refractivity contribution in [1.82, 2.24) is 4.57 Å². The Hall–Kier alpha value is -3.43. The number of fused-ring (bicyclic) bond motifs is 1. The number of anilines is 1. The SMILES string of the molecule is CCOc1ccc2c(c1)sc(=NC(=O)c1cccc(NS(=O)(=O)c3ccccc3)c1)n2C. The van der Waals surface area contributed by atoms with E-state index in [1.165, 1.54) is 29.5 Å². The lowest BCUT2D eigenvalue weighted by Crippen LogP contribution is -2.14. The van der Waals surface area contributed by atoms with E-state index < -0.39 is 15.9 Å². The molecule has 0 fully saturated rings. The molecule has 4 rings (SSSR count). The topological polar surface area (TPSA) is 89.8 Å². The van der Waals surface area contributed by atoms with E-state index in [2.05, 4.69) is 9.71 Å². The molecular weight excluding hydrogens is 446 g/mol. The number of nitrogens with zero attached hydrogens (tertiary/aromatic N) is 2. The van der Waals surface area contributed by atoms with Crippen LogP contribution in [0.25, 0.3) is 10.2 Å². The zero-order valence-electron chi connectivity index (χ0n) is 17.5. The summed E-state index contributed by atoms with van der Waals surface area (Å²) >= 11 is 1.38. The number of ether oxygens (including phenoxy) is 1. The van der Waals surface area contributed by atoms with Gasteiger partial charge in [0, 0.05) is 18.3 Å². The van der Waals surface area contributed by atoms with Gasteiger partial charge in [-0.15, -0.1) is 0 Å². The fraction of sp³-hybridized carbons (Fsp3) is 0.130. The number of aryl methyl sites for hydroxylation is 1. The molecule has 1 aromatic heterocycles. The van der Waals surface area contributed by atoms with Crippen LogP contribution >= 0.6 is 11.3 Å². The Labute approximate surface area is 189 Å². The third-order valence-corrected chi connectivity index (χ3v) is 7.20. The second-order valence-corrected chi connectivity index (χ2v) is 9.61. The van der Waals surface area contributed by atoms with Crippen LogP contribution < -0.4 is 14.3 Å². The number of thiazole rings is 1. The third kappa shape index (κ3) is 4.58. The zero-order chi connectivity index (χ0) is 22.7. The van der Waals surface area contributed by atoms with Gasteiger partial charge in [0.15, 0.2) is 4.80 Å². The number of rotatable bonds is 6. The molecule has 4 aromatic rings. The summed E-state index contributed by atoms with van der Waals surface area (Å²) in [7, 11) is -1.91. The number of carbonyl (C=O) groups excluding carboxylic acids is 1. The Balaban J connectivity index is 1.63. The van der Waals surface area contributed by atoms with Crippen LogP contribution in [-0.2, 0) is 17.1 Å².